The molecule has 0 radical (unpaired) electrons. The second-order valence-electron chi connectivity index (χ2n) is 5.96. The molecule has 0 aliphatic rings. The van der Waals surface area contributed by atoms with Gasteiger partial charge in [0.05, 0.1) is 19.2 Å². The maximum Gasteiger partial charge on any atom is 0.228 e. The molecule has 0 aromatic heterocycles. The summed E-state index contributed by atoms with van der Waals surface area (Å²) >= 11 is 0. The molecule has 2 amide bonds. The normalized spacial score (nSPS) is 10.4. The number of carbonyl (C=O) groups excluding carboxylic acids is 2. The van der Waals surface area contributed by atoms with Gasteiger partial charge in [-0.3, -0.25) is 9.59 Å². The minimum absolute atomic E-state index is 0.153. The molecule has 0 aliphatic carbocycles. The molecule has 26 heavy (non-hydrogen) atoms. The van der Waals surface area contributed by atoms with E-state index in [1.165, 1.54) is 14.0 Å². The third-order valence-electron chi connectivity index (χ3n) is 4.02. The van der Waals surface area contributed by atoms with Crippen molar-refractivity contribution >= 4 is 34.0 Å². The first kappa shape index (κ1) is 17.5. The lowest BCUT2D eigenvalue weighted by atomic mass is 10.0. The largest absolute Gasteiger partial charge is 0.495 e. The van der Waals surface area contributed by atoms with E-state index in [2.05, 4.69) is 10.6 Å². The predicted molar refractivity (Wildman–Crippen MR) is 104 cm³/mol. The van der Waals surface area contributed by atoms with E-state index in [9.17, 15) is 9.59 Å². The van der Waals surface area contributed by atoms with E-state index in [0.717, 1.165) is 16.3 Å². The molecular formula is C21H20N2O3. The zero-order chi connectivity index (χ0) is 18.5. The van der Waals surface area contributed by atoms with Crippen molar-refractivity contribution in [1.82, 2.24) is 0 Å². The average molecular weight is 348 g/mol. The van der Waals surface area contributed by atoms with Gasteiger partial charge in [0.25, 0.3) is 0 Å². The molecule has 0 unspecified atom stereocenters. The molecule has 0 bridgehead atoms. The van der Waals surface area contributed by atoms with Crippen LogP contribution in [0.1, 0.15) is 12.5 Å². The first-order valence-corrected chi connectivity index (χ1v) is 8.29. The van der Waals surface area contributed by atoms with Gasteiger partial charge in [0.1, 0.15) is 5.75 Å². The number of nitrogens with one attached hydrogen (secondary N) is 2. The fourth-order valence-corrected chi connectivity index (χ4v) is 2.90. The third kappa shape index (κ3) is 4.00. The lowest BCUT2D eigenvalue weighted by Crippen LogP contribution is -2.15. The van der Waals surface area contributed by atoms with Gasteiger partial charge >= 0.3 is 0 Å². The first-order chi connectivity index (χ1) is 12.6. The number of fused-ring (bicyclic) bond motifs is 1. The highest BCUT2D eigenvalue weighted by Gasteiger charge is 2.11. The standard InChI is InChI=1S/C21H20N2O3/c1-14(24)22-17-10-11-20(26-2)19(13-17)23-21(25)12-16-8-5-7-15-6-3-4-9-18(15)16/h3-11,13H,12H2,1-2H3,(H,22,24)(H,23,25). The Labute approximate surface area is 152 Å². The van der Waals surface area contributed by atoms with Crippen molar-refractivity contribution in [2.24, 2.45) is 0 Å². The molecule has 3 aromatic carbocycles. The third-order valence-corrected chi connectivity index (χ3v) is 4.02. The van der Waals surface area contributed by atoms with Gasteiger partial charge < -0.3 is 15.4 Å². The van der Waals surface area contributed by atoms with Gasteiger partial charge in [0, 0.05) is 12.6 Å². The van der Waals surface area contributed by atoms with Crippen molar-refractivity contribution in [3.8, 4) is 5.75 Å². The zero-order valence-corrected chi connectivity index (χ0v) is 14.7. The lowest BCUT2D eigenvalue weighted by molar-refractivity contribution is -0.115. The molecule has 0 spiro atoms. The van der Waals surface area contributed by atoms with Crippen LogP contribution in [0.2, 0.25) is 0 Å². The van der Waals surface area contributed by atoms with Crippen LogP contribution in [0, 0.1) is 0 Å². The molecule has 0 saturated carbocycles. The van der Waals surface area contributed by atoms with Crippen LogP contribution in [0.3, 0.4) is 0 Å². The van der Waals surface area contributed by atoms with E-state index in [1.54, 1.807) is 18.2 Å². The Morgan fingerprint density at radius 2 is 1.73 bits per heavy atom. The molecule has 3 rings (SSSR count). The van der Waals surface area contributed by atoms with Gasteiger partial charge in [0.15, 0.2) is 0 Å². The van der Waals surface area contributed by atoms with Gasteiger partial charge in [-0.2, -0.15) is 0 Å². The fourth-order valence-electron chi connectivity index (χ4n) is 2.90. The SMILES string of the molecule is COc1ccc(NC(C)=O)cc1NC(=O)Cc1cccc2ccccc12. The summed E-state index contributed by atoms with van der Waals surface area (Å²) in [6.45, 7) is 1.43. The summed E-state index contributed by atoms with van der Waals surface area (Å²) in [5.41, 5.74) is 2.07. The van der Waals surface area contributed by atoms with Crippen LogP contribution in [-0.4, -0.2) is 18.9 Å². The highest BCUT2D eigenvalue weighted by atomic mass is 16.5. The number of methoxy groups -OCH3 is 1. The highest BCUT2D eigenvalue weighted by Crippen LogP contribution is 2.28. The summed E-state index contributed by atoms with van der Waals surface area (Å²) in [6.07, 6.45) is 0.245. The summed E-state index contributed by atoms with van der Waals surface area (Å²) in [7, 11) is 1.54. The van der Waals surface area contributed by atoms with Crippen molar-refractivity contribution in [3.05, 3.63) is 66.2 Å². The Hall–Kier alpha value is -3.34. The van der Waals surface area contributed by atoms with E-state index in [0.29, 0.717) is 17.1 Å². The Bertz CT molecular complexity index is 961. The van der Waals surface area contributed by atoms with Crippen LogP contribution in [0.15, 0.2) is 60.7 Å². The molecule has 5 nitrogen and oxygen atoms in total. The van der Waals surface area contributed by atoms with Gasteiger partial charge in [-0.15, -0.1) is 0 Å². The minimum atomic E-state index is -0.178. The monoisotopic (exact) mass is 348 g/mol. The number of benzene rings is 3. The smallest absolute Gasteiger partial charge is 0.228 e. The Balaban J connectivity index is 1.82. The minimum Gasteiger partial charge on any atom is -0.495 e. The van der Waals surface area contributed by atoms with E-state index in [-0.39, 0.29) is 18.2 Å². The summed E-state index contributed by atoms with van der Waals surface area (Å²) in [4.78, 5) is 23.8. The maximum absolute atomic E-state index is 12.6. The number of anilines is 2. The molecular weight excluding hydrogens is 328 g/mol. The van der Waals surface area contributed by atoms with Gasteiger partial charge in [-0.25, -0.2) is 0 Å². The van der Waals surface area contributed by atoms with Gasteiger partial charge in [-0.05, 0) is 34.5 Å². The van der Waals surface area contributed by atoms with E-state index < -0.39 is 0 Å². The summed E-state index contributed by atoms with van der Waals surface area (Å²) in [5, 5.41) is 7.73. The topological polar surface area (TPSA) is 67.4 Å². The van der Waals surface area contributed by atoms with Crippen molar-refractivity contribution in [2.75, 3.05) is 17.7 Å². The highest BCUT2D eigenvalue weighted by molar-refractivity contribution is 5.98. The molecule has 0 heterocycles. The van der Waals surface area contributed by atoms with Crippen molar-refractivity contribution < 1.29 is 14.3 Å². The molecule has 0 saturated heterocycles. The first-order valence-electron chi connectivity index (χ1n) is 8.29. The quantitative estimate of drug-likeness (QED) is 0.733. The molecule has 0 atom stereocenters. The Kier molecular flexibility index (Phi) is 5.17. The molecule has 2 N–H and O–H groups in total. The average Bonchev–Trinajstić information content (AvgIpc) is 2.62. The second kappa shape index (κ2) is 7.70. The zero-order valence-electron chi connectivity index (χ0n) is 14.7. The van der Waals surface area contributed by atoms with Crippen molar-refractivity contribution in [3.63, 3.8) is 0 Å². The number of amides is 2. The number of rotatable bonds is 5. The number of hydrogen-bond acceptors (Lipinski definition) is 3. The molecule has 132 valence electrons. The van der Waals surface area contributed by atoms with E-state index in [1.807, 2.05) is 42.5 Å². The molecule has 3 aromatic rings. The number of carbonyl (C=O) groups is 2. The van der Waals surface area contributed by atoms with Gasteiger partial charge in [0.2, 0.25) is 11.8 Å². The summed E-state index contributed by atoms with van der Waals surface area (Å²) < 4.78 is 5.30. The van der Waals surface area contributed by atoms with Gasteiger partial charge in [-0.1, -0.05) is 42.5 Å². The lowest BCUT2D eigenvalue weighted by Gasteiger charge is -2.13. The van der Waals surface area contributed by atoms with Crippen LogP contribution in [-0.2, 0) is 16.0 Å². The van der Waals surface area contributed by atoms with E-state index in [4.69, 9.17) is 4.74 Å². The van der Waals surface area contributed by atoms with Crippen molar-refractivity contribution in [2.45, 2.75) is 13.3 Å². The maximum atomic E-state index is 12.6. The van der Waals surface area contributed by atoms with Crippen molar-refractivity contribution in [1.29, 1.82) is 0 Å². The Morgan fingerprint density at radius 3 is 2.50 bits per heavy atom. The molecule has 5 heteroatoms. The molecule has 0 aliphatic heterocycles. The summed E-state index contributed by atoms with van der Waals surface area (Å²) in [6, 6.07) is 19.0. The van der Waals surface area contributed by atoms with Crippen LogP contribution in [0.4, 0.5) is 11.4 Å². The molecule has 0 fully saturated rings. The number of ether oxygens (including phenoxy) is 1. The Morgan fingerprint density at radius 1 is 0.962 bits per heavy atom. The summed E-state index contributed by atoms with van der Waals surface area (Å²) in [5.74, 6) is 0.202. The van der Waals surface area contributed by atoms with Crippen LogP contribution in [0.25, 0.3) is 10.8 Å². The van der Waals surface area contributed by atoms with E-state index >= 15 is 0 Å². The van der Waals surface area contributed by atoms with Crippen LogP contribution in [0.5, 0.6) is 5.75 Å². The van der Waals surface area contributed by atoms with Crippen LogP contribution < -0.4 is 15.4 Å². The number of hydrogen-bond donors (Lipinski definition) is 2. The predicted octanol–water partition coefficient (Wildman–Crippen LogP) is 3.99. The van der Waals surface area contributed by atoms with Crippen LogP contribution >= 0.6 is 0 Å². The second-order valence-corrected chi connectivity index (χ2v) is 5.96. The fraction of sp³-hybridized carbons (Fsp3) is 0.143.